The van der Waals surface area contributed by atoms with Gasteiger partial charge in [0.25, 0.3) is 0 Å². The maximum absolute atomic E-state index is 11.2. The lowest BCUT2D eigenvalue weighted by atomic mass is 10.1. The van der Waals surface area contributed by atoms with Crippen LogP contribution in [-0.4, -0.2) is 30.0 Å². The standard InChI is InChI=1S/C15H17ClN2O2/c1-10-7-11(8-17-9-13(16)15(19)20-2)12-5-3-4-6-14(12)18-10/h3-7,13,17H,8-9H2,1-2H3. The van der Waals surface area contributed by atoms with Crippen LogP contribution >= 0.6 is 11.6 Å². The fourth-order valence-corrected chi connectivity index (χ4v) is 2.28. The van der Waals surface area contributed by atoms with Crippen LogP contribution in [0.25, 0.3) is 10.9 Å². The molecule has 2 aromatic rings. The van der Waals surface area contributed by atoms with E-state index in [9.17, 15) is 4.79 Å². The smallest absolute Gasteiger partial charge is 0.325 e. The molecule has 0 fully saturated rings. The maximum Gasteiger partial charge on any atom is 0.325 e. The van der Waals surface area contributed by atoms with Gasteiger partial charge in [-0.15, -0.1) is 11.6 Å². The average Bonchev–Trinajstić information content (AvgIpc) is 2.45. The Kier molecular flexibility index (Phi) is 4.93. The van der Waals surface area contributed by atoms with Crippen LogP contribution in [0.1, 0.15) is 11.3 Å². The first-order valence-electron chi connectivity index (χ1n) is 6.39. The number of hydrogen-bond donors (Lipinski definition) is 1. The van der Waals surface area contributed by atoms with Crippen LogP contribution in [0.2, 0.25) is 0 Å². The summed E-state index contributed by atoms with van der Waals surface area (Å²) in [6.07, 6.45) is 0. The van der Waals surface area contributed by atoms with Gasteiger partial charge in [-0.25, -0.2) is 0 Å². The fourth-order valence-electron chi connectivity index (χ4n) is 2.09. The first-order chi connectivity index (χ1) is 9.61. The van der Waals surface area contributed by atoms with Crippen molar-refractivity contribution in [3.05, 3.63) is 41.6 Å². The Bertz CT molecular complexity index is 616. The van der Waals surface area contributed by atoms with E-state index in [0.717, 1.165) is 22.2 Å². The topological polar surface area (TPSA) is 51.2 Å². The summed E-state index contributed by atoms with van der Waals surface area (Å²) < 4.78 is 4.58. The molecular weight excluding hydrogens is 276 g/mol. The molecule has 5 heteroatoms. The van der Waals surface area contributed by atoms with Gasteiger partial charge < -0.3 is 10.1 Å². The van der Waals surface area contributed by atoms with E-state index in [1.165, 1.54) is 7.11 Å². The molecule has 1 heterocycles. The number of nitrogens with zero attached hydrogens (tertiary/aromatic N) is 1. The average molecular weight is 293 g/mol. The Hall–Kier alpha value is -1.65. The van der Waals surface area contributed by atoms with Crippen LogP contribution < -0.4 is 5.32 Å². The predicted molar refractivity (Wildman–Crippen MR) is 79.8 cm³/mol. The second-order valence-corrected chi connectivity index (χ2v) is 5.09. The minimum atomic E-state index is -0.672. The zero-order valence-corrected chi connectivity index (χ0v) is 12.3. The quantitative estimate of drug-likeness (QED) is 0.679. The number of aryl methyl sites for hydroxylation is 1. The highest BCUT2D eigenvalue weighted by molar-refractivity contribution is 6.30. The summed E-state index contributed by atoms with van der Waals surface area (Å²) in [5.41, 5.74) is 3.08. The molecule has 0 aliphatic heterocycles. The number of carbonyl (C=O) groups is 1. The van der Waals surface area contributed by atoms with E-state index >= 15 is 0 Å². The van der Waals surface area contributed by atoms with Crippen molar-refractivity contribution in [3.8, 4) is 0 Å². The highest BCUT2D eigenvalue weighted by Gasteiger charge is 2.15. The number of alkyl halides is 1. The maximum atomic E-state index is 11.2. The molecule has 1 N–H and O–H groups in total. The molecule has 0 spiro atoms. The van der Waals surface area contributed by atoms with Gasteiger partial charge in [0.15, 0.2) is 0 Å². The van der Waals surface area contributed by atoms with Crippen LogP contribution in [0.3, 0.4) is 0 Å². The Morgan fingerprint density at radius 1 is 1.45 bits per heavy atom. The number of halogens is 1. The molecule has 2 rings (SSSR count). The van der Waals surface area contributed by atoms with Crippen LogP contribution in [-0.2, 0) is 16.1 Å². The second-order valence-electron chi connectivity index (χ2n) is 4.56. The summed E-state index contributed by atoms with van der Waals surface area (Å²) in [6.45, 7) is 2.96. The first-order valence-corrected chi connectivity index (χ1v) is 6.83. The number of nitrogens with one attached hydrogen (secondary N) is 1. The largest absolute Gasteiger partial charge is 0.468 e. The summed E-state index contributed by atoms with van der Waals surface area (Å²) in [5.74, 6) is -0.421. The number of carbonyl (C=O) groups excluding carboxylic acids is 1. The number of para-hydroxylation sites is 1. The van der Waals surface area contributed by atoms with E-state index in [4.69, 9.17) is 11.6 Å². The zero-order valence-electron chi connectivity index (χ0n) is 11.5. The third-order valence-corrected chi connectivity index (χ3v) is 3.36. The Balaban J connectivity index is 2.08. The van der Waals surface area contributed by atoms with Gasteiger partial charge in [-0.05, 0) is 24.6 Å². The molecule has 0 saturated heterocycles. The van der Waals surface area contributed by atoms with E-state index < -0.39 is 11.3 Å². The monoisotopic (exact) mass is 292 g/mol. The van der Waals surface area contributed by atoms with Gasteiger partial charge in [0, 0.05) is 24.2 Å². The third-order valence-electron chi connectivity index (χ3n) is 3.03. The minimum absolute atomic E-state index is 0.365. The molecule has 20 heavy (non-hydrogen) atoms. The van der Waals surface area contributed by atoms with Crippen LogP contribution in [0.5, 0.6) is 0 Å². The van der Waals surface area contributed by atoms with Gasteiger partial charge in [-0.1, -0.05) is 18.2 Å². The Morgan fingerprint density at radius 3 is 2.95 bits per heavy atom. The number of methoxy groups -OCH3 is 1. The van der Waals surface area contributed by atoms with Gasteiger partial charge in [0.2, 0.25) is 0 Å². The lowest BCUT2D eigenvalue weighted by Gasteiger charge is -2.11. The predicted octanol–water partition coefficient (Wildman–Crippen LogP) is 2.41. The van der Waals surface area contributed by atoms with Crippen LogP contribution in [0.15, 0.2) is 30.3 Å². The Labute approximate surface area is 123 Å². The van der Waals surface area contributed by atoms with Gasteiger partial charge in [-0.2, -0.15) is 0 Å². The number of rotatable bonds is 5. The molecule has 4 nitrogen and oxygen atoms in total. The van der Waals surface area contributed by atoms with E-state index in [1.54, 1.807) is 0 Å². The fraction of sp³-hybridized carbons (Fsp3) is 0.333. The van der Waals surface area contributed by atoms with Crippen LogP contribution in [0, 0.1) is 6.92 Å². The van der Waals surface area contributed by atoms with Crippen molar-refractivity contribution in [2.45, 2.75) is 18.8 Å². The summed E-state index contributed by atoms with van der Waals surface area (Å²) in [7, 11) is 1.33. The number of esters is 1. The zero-order chi connectivity index (χ0) is 14.5. The van der Waals surface area contributed by atoms with Gasteiger partial charge in [0.1, 0.15) is 5.38 Å². The normalized spacial score (nSPS) is 12.3. The van der Waals surface area contributed by atoms with E-state index in [-0.39, 0.29) is 0 Å². The number of benzene rings is 1. The molecule has 0 radical (unpaired) electrons. The number of ether oxygens (including phenoxy) is 1. The Morgan fingerprint density at radius 2 is 2.20 bits per heavy atom. The van der Waals surface area contributed by atoms with Gasteiger partial charge in [0.05, 0.1) is 12.6 Å². The molecule has 106 valence electrons. The van der Waals surface area contributed by atoms with E-state index in [0.29, 0.717) is 13.1 Å². The van der Waals surface area contributed by atoms with Crippen molar-refractivity contribution >= 4 is 28.5 Å². The second kappa shape index (κ2) is 6.68. The SMILES string of the molecule is COC(=O)C(Cl)CNCc1cc(C)nc2ccccc12. The molecule has 1 unspecified atom stereocenters. The lowest BCUT2D eigenvalue weighted by molar-refractivity contribution is -0.140. The highest BCUT2D eigenvalue weighted by atomic mass is 35.5. The molecule has 0 amide bonds. The lowest BCUT2D eigenvalue weighted by Crippen LogP contribution is -2.29. The third kappa shape index (κ3) is 3.46. The van der Waals surface area contributed by atoms with Crippen LogP contribution in [0.4, 0.5) is 0 Å². The summed E-state index contributed by atoms with van der Waals surface area (Å²) in [6, 6.07) is 10.0. The van der Waals surface area contributed by atoms with E-state index in [1.807, 2.05) is 37.3 Å². The number of fused-ring (bicyclic) bond motifs is 1. The van der Waals surface area contributed by atoms with Crippen molar-refractivity contribution in [2.75, 3.05) is 13.7 Å². The van der Waals surface area contributed by atoms with Crippen molar-refractivity contribution < 1.29 is 9.53 Å². The molecule has 0 aliphatic rings. The molecule has 0 aliphatic carbocycles. The number of pyridine rings is 1. The number of aromatic nitrogens is 1. The van der Waals surface area contributed by atoms with Crippen molar-refractivity contribution in [3.63, 3.8) is 0 Å². The van der Waals surface area contributed by atoms with Crippen molar-refractivity contribution in [2.24, 2.45) is 0 Å². The molecule has 1 atom stereocenters. The molecule has 0 bridgehead atoms. The van der Waals surface area contributed by atoms with E-state index in [2.05, 4.69) is 15.0 Å². The van der Waals surface area contributed by atoms with Crippen molar-refractivity contribution in [1.29, 1.82) is 0 Å². The molecular formula is C15H17ClN2O2. The van der Waals surface area contributed by atoms with Gasteiger partial charge >= 0.3 is 5.97 Å². The van der Waals surface area contributed by atoms with Gasteiger partial charge in [-0.3, -0.25) is 9.78 Å². The van der Waals surface area contributed by atoms with Crippen molar-refractivity contribution in [1.82, 2.24) is 10.3 Å². The number of hydrogen-bond acceptors (Lipinski definition) is 4. The highest BCUT2D eigenvalue weighted by Crippen LogP contribution is 2.18. The molecule has 1 aromatic carbocycles. The summed E-state index contributed by atoms with van der Waals surface area (Å²) in [5, 5.41) is 3.61. The molecule has 0 saturated carbocycles. The first kappa shape index (κ1) is 14.8. The summed E-state index contributed by atoms with van der Waals surface area (Å²) >= 11 is 5.90. The summed E-state index contributed by atoms with van der Waals surface area (Å²) in [4.78, 5) is 15.7. The molecule has 1 aromatic heterocycles. The minimum Gasteiger partial charge on any atom is -0.468 e.